The van der Waals surface area contributed by atoms with Gasteiger partial charge in [0.05, 0.1) is 0 Å². The van der Waals surface area contributed by atoms with Gasteiger partial charge in [-0.1, -0.05) is 11.8 Å². The van der Waals surface area contributed by atoms with Crippen LogP contribution in [0.2, 0.25) is 0 Å². The summed E-state index contributed by atoms with van der Waals surface area (Å²) in [4.78, 5) is 10.0. The van der Waals surface area contributed by atoms with E-state index >= 15 is 0 Å². The van der Waals surface area contributed by atoms with Crippen molar-refractivity contribution >= 4 is 18.0 Å². The number of carbonyl (C=O) groups excluding carboxylic acids is 1. The molecule has 1 aromatic heterocycles. The van der Waals surface area contributed by atoms with Crippen LogP contribution in [0.4, 0.5) is 0 Å². The van der Waals surface area contributed by atoms with Crippen molar-refractivity contribution in [1.82, 2.24) is 0 Å². The quantitative estimate of drug-likeness (QED) is 0.466. The Morgan fingerprint density at radius 2 is 2.44 bits per heavy atom. The molecule has 48 valence electrons. The maximum atomic E-state index is 10.0. The molecule has 0 atom stereocenters. The van der Waals surface area contributed by atoms with Gasteiger partial charge in [0, 0.05) is 0 Å². The van der Waals surface area contributed by atoms with Crippen LogP contribution < -0.4 is 0 Å². The van der Waals surface area contributed by atoms with Crippen LogP contribution in [0.3, 0.4) is 0 Å². The van der Waals surface area contributed by atoms with Crippen LogP contribution in [0.15, 0.2) is 21.6 Å². The molecule has 0 saturated carbocycles. The average molecular weight is 142 g/mol. The molecule has 2 nitrogen and oxygen atoms in total. The summed E-state index contributed by atoms with van der Waals surface area (Å²) in [7, 11) is 0. The van der Waals surface area contributed by atoms with E-state index in [-0.39, 0.29) is 0 Å². The van der Waals surface area contributed by atoms with E-state index in [0.717, 1.165) is 5.09 Å². The molecule has 3 heteroatoms. The van der Waals surface area contributed by atoms with Crippen molar-refractivity contribution < 1.29 is 9.21 Å². The van der Waals surface area contributed by atoms with E-state index in [2.05, 4.69) is 0 Å². The molecule has 9 heavy (non-hydrogen) atoms. The van der Waals surface area contributed by atoms with Crippen molar-refractivity contribution in [2.45, 2.75) is 5.09 Å². The third kappa shape index (κ3) is 1.36. The van der Waals surface area contributed by atoms with Gasteiger partial charge in [0.25, 0.3) is 0 Å². The summed E-state index contributed by atoms with van der Waals surface area (Å²) in [5.41, 5.74) is 0. The molecule has 0 fully saturated rings. The lowest BCUT2D eigenvalue weighted by Gasteiger charge is -1.82. The molecule has 0 bridgehead atoms. The molecule has 1 heterocycles. The first kappa shape index (κ1) is 6.42. The molecule has 1 rings (SSSR count). The number of furan rings is 1. The van der Waals surface area contributed by atoms with E-state index in [9.17, 15) is 4.79 Å². The molecule has 0 unspecified atom stereocenters. The minimum absolute atomic E-state index is 0.388. The molecular formula is C6H6O2S. The van der Waals surface area contributed by atoms with Gasteiger partial charge in [0.15, 0.2) is 17.1 Å². The molecule has 0 radical (unpaired) electrons. The van der Waals surface area contributed by atoms with E-state index in [1.807, 2.05) is 6.26 Å². The number of rotatable bonds is 2. The molecule has 0 aliphatic rings. The van der Waals surface area contributed by atoms with Crippen LogP contribution in [-0.4, -0.2) is 12.5 Å². The minimum Gasteiger partial charge on any atom is -0.447 e. The van der Waals surface area contributed by atoms with Crippen LogP contribution in [0.25, 0.3) is 0 Å². The maximum Gasteiger partial charge on any atom is 0.185 e. The number of aldehydes is 1. The third-order valence-corrected chi connectivity index (χ3v) is 1.54. The highest BCUT2D eigenvalue weighted by Gasteiger charge is 1.96. The van der Waals surface area contributed by atoms with E-state index in [4.69, 9.17) is 4.42 Å². The first-order chi connectivity index (χ1) is 4.36. The molecule has 0 amide bonds. The lowest BCUT2D eigenvalue weighted by atomic mass is 10.5. The minimum atomic E-state index is 0.388. The Kier molecular flexibility index (Phi) is 1.95. The van der Waals surface area contributed by atoms with Crippen molar-refractivity contribution in [2.75, 3.05) is 6.26 Å². The van der Waals surface area contributed by atoms with Crippen molar-refractivity contribution in [3.63, 3.8) is 0 Å². The van der Waals surface area contributed by atoms with Crippen molar-refractivity contribution in [3.05, 3.63) is 17.9 Å². The number of carbonyl (C=O) groups is 1. The van der Waals surface area contributed by atoms with Gasteiger partial charge in [0.1, 0.15) is 0 Å². The maximum absolute atomic E-state index is 10.0. The summed E-state index contributed by atoms with van der Waals surface area (Å²) in [6.45, 7) is 0. The van der Waals surface area contributed by atoms with Gasteiger partial charge >= 0.3 is 0 Å². The highest BCUT2D eigenvalue weighted by molar-refractivity contribution is 7.98. The van der Waals surface area contributed by atoms with E-state index in [1.165, 1.54) is 11.8 Å². The lowest BCUT2D eigenvalue weighted by Crippen LogP contribution is -1.66. The summed E-state index contributed by atoms with van der Waals surface area (Å²) in [6, 6.07) is 3.42. The van der Waals surface area contributed by atoms with Crippen LogP contribution in [0.5, 0.6) is 0 Å². The highest BCUT2D eigenvalue weighted by atomic mass is 32.2. The second-order valence-corrected chi connectivity index (χ2v) is 2.29. The topological polar surface area (TPSA) is 30.2 Å². The second-order valence-electron chi connectivity index (χ2n) is 1.48. The Morgan fingerprint density at radius 3 is 2.78 bits per heavy atom. The first-order valence-corrected chi connectivity index (χ1v) is 3.68. The molecule has 0 aliphatic carbocycles. The molecule has 0 aromatic carbocycles. The van der Waals surface area contributed by atoms with Gasteiger partial charge in [-0.05, 0) is 18.4 Å². The smallest absolute Gasteiger partial charge is 0.185 e. The predicted molar refractivity (Wildman–Crippen MR) is 35.9 cm³/mol. The molecular weight excluding hydrogens is 136 g/mol. The van der Waals surface area contributed by atoms with Crippen molar-refractivity contribution in [2.24, 2.45) is 0 Å². The Hall–Kier alpha value is -0.700. The van der Waals surface area contributed by atoms with Gasteiger partial charge in [-0.25, -0.2) is 0 Å². The average Bonchev–Trinajstić information content (AvgIpc) is 2.34. The molecule has 1 aromatic rings. The summed E-state index contributed by atoms with van der Waals surface area (Å²) < 4.78 is 4.98. The second kappa shape index (κ2) is 2.73. The first-order valence-electron chi connectivity index (χ1n) is 2.46. The van der Waals surface area contributed by atoms with Gasteiger partial charge in [-0.2, -0.15) is 0 Å². The molecule has 0 saturated heterocycles. The summed E-state index contributed by atoms with van der Waals surface area (Å²) in [5.74, 6) is 0.388. The number of thioether (sulfide) groups is 1. The predicted octanol–water partition coefficient (Wildman–Crippen LogP) is 1.81. The van der Waals surface area contributed by atoms with Crippen LogP contribution >= 0.6 is 11.8 Å². The standard InChI is InChI=1S/C6H6O2S/c1-9-6-3-2-5(4-7)8-6/h2-4H,1H3. The Balaban J connectivity index is 2.86. The third-order valence-electron chi connectivity index (χ3n) is 0.919. The Labute approximate surface area is 57.2 Å². The lowest BCUT2D eigenvalue weighted by molar-refractivity contribution is 0.109. The van der Waals surface area contributed by atoms with Crippen molar-refractivity contribution in [1.29, 1.82) is 0 Å². The number of hydrogen-bond acceptors (Lipinski definition) is 3. The summed E-state index contributed by atoms with van der Waals surface area (Å²) >= 11 is 1.48. The summed E-state index contributed by atoms with van der Waals surface area (Å²) in [6.07, 6.45) is 2.59. The van der Waals surface area contributed by atoms with Gasteiger partial charge in [0.2, 0.25) is 0 Å². The van der Waals surface area contributed by atoms with E-state index in [1.54, 1.807) is 12.1 Å². The normalized spacial score (nSPS) is 9.44. The zero-order chi connectivity index (χ0) is 6.69. The Bertz CT molecular complexity index is 205. The Morgan fingerprint density at radius 1 is 1.67 bits per heavy atom. The van der Waals surface area contributed by atoms with Gasteiger partial charge in [-0.3, -0.25) is 4.79 Å². The van der Waals surface area contributed by atoms with Crippen LogP contribution in [0, 0.1) is 0 Å². The van der Waals surface area contributed by atoms with Crippen molar-refractivity contribution in [3.8, 4) is 0 Å². The highest BCUT2D eigenvalue weighted by Crippen LogP contribution is 2.16. The van der Waals surface area contributed by atoms with Crippen LogP contribution in [0.1, 0.15) is 10.6 Å². The van der Waals surface area contributed by atoms with E-state index in [0.29, 0.717) is 12.0 Å². The fourth-order valence-electron chi connectivity index (χ4n) is 0.507. The summed E-state index contributed by atoms with van der Waals surface area (Å²) in [5, 5.41) is 0.775. The fraction of sp³-hybridized carbons (Fsp3) is 0.167. The van der Waals surface area contributed by atoms with Crippen LogP contribution in [-0.2, 0) is 0 Å². The van der Waals surface area contributed by atoms with Gasteiger partial charge in [-0.15, -0.1) is 0 Å². The monoisotopic (exact) mass is 142 g/mol. The number of hydrogen-bond donors (Lipinski definition) is 0. The zero-order valence-corrected chi connectivity index (χ0v) is 5.77. The zero-order valence-electron chi connectivity index (χ0n) is 4.96. The molecule has 0 aliphatic heterocycles. The fourth-order valence-corrected chi connectivity index (χ4v) is 0.891. The SMILES string of the molecule is CSc1ccc(C=O)o1. The molecule has 0 spiro atoms. The van der Waals surface area contributed by atoms with E-state index < -0.39 is 0 Å². The van der Waals surface area contributed by atoms with Gasteiger partial charge < -0.3 is 4.42 Å². The largest absolute Gasteiger partial charge is 0.447 e. The molecule has 0 N–H and O–H groups in total.